The SMILES string of the molecule is CCCCCCCCCC/C=C\CCCCCCCCCCCCCCCC(=O)NC(COP(=O)(O)OCC[N+](C)(C)C)C(O)CCCCCCCCCCCCCCCCCCCCCCCCCCCC. The predicted molar refractivity (Wildman–Crippen MR) is 319 cm³/mol. The standard InChI is InChI=1S/C64H129N2O6P/c1-6-8-10-12-14-16-18-20-22-24-26-28-30-32-34-35-37-39-41-43-45-47-49-51-53-55-57-63(67)62(61-72-73(69,70)71-60-59-66(3,4)5)65-64(68)58-56-54-52-50-48-46-44-42-40-38-36-33-31-29-27-25-23-21-19-17-15-13-11-9-7-2/h25,27,62-63,67H,6-24,26,28-61H2,1-5H3,(H-,65,68,69,70)/p+1/b27-25-. The third-order valence-corrected chi connectivity index (χ3v) is 16.2. The van der Waals surface area contributed by atoms with Gasteiger partial charge in [0.2, 0.25) is 5.91 Å². The fraction of sp³-hybridized carbons (Fsp3) is 0.953. The van der Waals surface area contributed by atoms with Crippen molar-refractivity contribution in [3.63, 3.8) is 0 Å². The number of rotatable bonds is 61. The fourth-order valence-electron chi connectivity index (χ4n) is 10.2. The fourth-order valence-corrected chi connectivity index (χ4v) is 10.9. The van der Waals surface area contributed by atoms with Crippen molar-refractivity contribution >= 4 is 13.7 Å². The number of hydrogen-bond acceptors (Lipinski definition) is 5. The molecular formula is C64H130N2O6P+. The minimum atomic E-state index is -4.32. The van der Waals surface area contributed by atoms with E-state index in [4.69, 9.17) is 9.05 Å². The van der Waals surface area contributed by atoms with E-state index < -0.39 is 20.0 Å². The van der Waals surface area contributed by atoms with E-state index in [1.54, 1.807) is 0 Å². The number of phosphoric acid groups is 1. The van der Waals surface area contributed by atoms with E-state index >= 15 is 0 Å². The predicted octanol–water partition coefficient (Wildman–Crippen LogP) is 20.2. The molecule has 436 valence electrons. The van der Waals surface area contributed by atoms with Crippen LogP contribution in [0, 0.1) is 0 Å². The van der Waals surface area contributed by atoms with Crippen LogP contribution in [0.15, 0.2) is 12.2 Å². The van der Waals surface area contributed by atoms with E-state index in [0.717, 1.165) is 38.5 Å². The second kappa shape index (κ2) is 56.0. The van der Waals surface area contributed by atoms with Gasteiger partial charge in [0.25, 0.3) is 0 Å². The number of carbonyl (C=O) groups is 1. The van der Waals surface area contributed by atoms with Crippen LogP contribution in [0.25, 0.3) is 0 Å². The Hall–Kier alpha value is -0.760. The monoisotopic (exact) mass is 1050 g/mol. The summed E-state index contributed by atoms with van der Waals surface area (Å²) in [5, 5.41) is 14.1. The molecule has 9 heteroatoms. The lowest BCUT2D eigenvalue weighted by Crippen LogP contribution is -2.46. The van der Waals surface area contributed by atoms with Gasteiger partial charge in [-0.3, -0.25) is 13.8 Å². The first-order chi connectivity index (χ1) is 35.5. The highest BCUT2D eigenvalue weighted by Crippen LogP contribution is 2.43. The summed E-state index contributed by atoms with van der Waals surface area (Å²) in [4.78, 5) is 23.4. The zero-order chi connectivity index (χ0) is 53.5. The minimum Gasteiger partial charge on any atom is -0.391 e. The molecule has 8 nitrogen and oxygen atoms in total. The number of nitrogens with zero attached hydrogens (tertiary/aromatic N) is 1. The molecule has 0 saturated heterocycles. The molecule has 0 rings (SSSR count). The van der Waals surface area contributed by atoms with Crippen LogP contribution in [-0.2, 0) is 18.4 Å². The van der Waals surface area contributed by atoms with E-state index in [0.29, 0.717) is 23.9 Å². The Balaban J connectivity index is 4.06. The molecule has 0 spiro atoms. The van der Waals surface area contributed by atoms with Crippen LogP contribution >= 0.6 is 7.82 Å². The van der Waals surface area contributed by atoms with Crippen LogP contribution in [-0.4, -0.2) is 73.4 Å². The molecule has 0 aliphatic carbocycles. The van der Waals surface area contributed by atoms with Gasteiger partial charge in [-0.2, -0.15) is 0 Å². The summed E-state index contributed by atoms with van der Waals surface area (Å²) in [6.45, 7) is 4.95. The van der Waals surface area contributed by atoms with Crippen molar-refractivity contribution < 1.29 is 32.9 Å². The summed E-state index contributed by atoms with van der Waals surface area (Å²) >= 11 is 0. The van der Waals surface area contributed by atoms with Gasteiger partial charge in [-0.25, -0.2) is 4.57 Å². The van der Waals surface area contributed by atoms with Crippen LogP contribution < -0.4 is 5.32 Å². The number of likely N-dealkylation sites (N-methyl/N-ethyl adjacent to an activating group) is 1. The van der Waals surface area contributed by atoms with E-state index in [1.165, 1.54) is 276 Å². The average Bonchev–Trinajstić information content (AvgIpc) is 3.35. The Morgan fingerprint density at radius 1 is 0.452 bits per heavy atom. The van der Waals surface area contributed by atoms with Crippen LogP contribution in [0.4, 0.5) is 0 Å². The van der Waals surface area contributed by atoms with Gasteiger partial charge in [0.1, 0.15) is 13.2 Å². The van der Waals surface area contributed by atoms with Gasteiger partial charge in [0, 0.05) is 6.42 Å². The summed E-state index contributed by atoms with van der Waals surface area (Å²) in [6, 6.07) is -0.759. The maximum atomic E-state index is 13.0. The average molecular weight is 1050 g/mol. The summed E-state index contributed by atoms with van der Waals surface area (Å²) in [7, 11) is 1.63. The first-order valence-electron chi connectivity index (χ1n) is 32.6. The van der Waals surface area contributed by atoms with Crippen molar-refractivity contribution in [1.82, 2.24) is 5.32 Å². The summed E-state index contributed by atoms with van der Waals surface area (Å²) in [5.41, 5.74) is 0. The number of hydrogen-bond donors (Lipinski definition) is 3. The zero-order valence-electron chi connectivity index (χ0n) is 49.9. The molecule has 73 heavy (non-hydrogen) atoms. The largest absolute Gasteiger partial charge is 0.472 e. The Bertz CT molecular complexity index is 1200. The highest BCUT2D eigenvalue weighted by Gasteiger charge is 2.28. The molecule has 0 radical (unpaired) electrons. The van der Waals surface area contributed by atoms with E-state index in [-0.39, 0.29) is 19.1 Å². The van der Waals surface area contributed by atoms with Crippen LogP contribution in [0.3, 0.4) is 0 Å². The molecule has 0 aliphatic rings. The number of aliphatic hydroxyl groups excluding tert-OH is 1. The highest BCUT2D eigenvalue weighted by atomic mass is 31.2. The van der Waals surface area contributed by atoms with Crippen molar-refractivity contribution in [3.8, 4) is 0 Å². The van der Waals surface area contributed by atoms with Crippen LogP contribution in [0.2, 0.25) is 0 Å². The number of allylic oxidation sites excluding steroid dienone is 2. The molecular weight excluding hydrogens is 924 g/mol. The minimum absolute atomic E-state index is 0.0777. The van der Waals surface area contributed by atoms with E-state index in [9.17, 15) is 19.4 Å². The lowest BCUT2D eigenvalue weighted by atomic mass is 10.0. The van der Waals surface area contributed by atoms with Crippen molar-refractivity contribution in [2.45, 2.75) is 353 Å². The highest BCUT2D eigenvalue weighted by molar-refractivity contribution is 7.47. The van der Waals surface area contributed by atoms with Gasteiger partial charge in [-0.15, -0.1) is 0 Å². The Labute approximate surface area is 456 Å². The molecule has 0 heterocycles. The molecule has 1 amide bonds. The quantitative estimate of drug-likeness (QED) is 0.0243. The molecule has 0 aromatic carbocycles. The van der Waals surface area contributed by atoms with Crippen molar-refractivity contribution in [1.29, 1.82) is 0 Å². The number of amides is 1. The first-order valence-corrected chi connectivity index (χ1v) is 34.0. The van der Waals surface area contributed by atoms with Gasteiger partial charge in [-0.1, -0.05) is 309 Å². The summed E-state index contributed by atoms with van der Waals surface area (Å²) < 4.78 is 23.9. The van der Waals surface area contributed by atoms with Crippen LogP contribution in [0.1, 0.15) is 341 Å². The van der Waals surface area contributed by atoms with E-state index in [1.807, 2.05) is 21.1 Å². The maximum Gasteiger partial charge on any atom is 0.472 e. The summed E-state index contributed by atoms with van der Waals surface area (Å²) in [6.07, 6.45) is 70.0. The van der Waals surface area contributed by atoms with Crippen molar-refractivity contribution in [2.75, 3.05) is 40.9 Å². The van der Waals surface area contributed by atoms with E-state index in [2.05, 4.69) is 31.3 Å². The molecule has 3 N–H and O–H groups in total. The molecule has 0 aromatic heterocycles. The van der Waals surface area contributed by atoms with Crippen LogP contribution in [0.5, 0.6) is 0 Å². The normalized spacial score (nSPS) is 13.8. The number of unbranched alkanes of at least 4 members (excludes halogenated alkanes) is 46. The van der Waals surface area contributed by atoms with Gasteiger partial charge in [0.05, 0.1) is 39.9 Å². The van der Waals surface area contributed by atoms with Crippen molar-refractivity contribution in [2.24, 2.45) is 0 Å². The molecule has 3 atom stereocenters. The number of nitrogens with one attached hydrogen (secondary N) is 1. The molecule has 0 bridgehead atoms. The number of carbonyl (C=O) groups excluding carboxylic acids is 1. The lowest BCUT2D eigenvalue weighted by molar-refractivity contribution is -0.870. The Kier molecular flexibility index (Phi) is 55.4. The van der Waals surface area contributed by atoms with Gasteiger partial charge < -0.3 is 19.8 Å². The second-order valence-electron chi connectivity index (χ2n) is 23.9. The molecule has 3 unspecified atom stereocenters. The first kappa shape index (κ1) is 72.2. The molecule has 0 aromatic rings. The van der Waals surface area contributed by atoms with Gasteiger partial charge in [0.15, 0.2) is 0 Å². The smallest absolute Gasteiger partial charge is 0.391 e. The third kappa shape index (κ3) is 58.8. The third-order valence-electron chi connectivity index (χ3n) is 15.3. The maximum absolute atomic E-state index is 13.0. The second-order valence-corrected chi connectivity index (χ2v) is 25.3. The number of quaternary nitrogens is 1. The molecule has 0 saturated carbocycles. The van der Waals surface area contributed by atoms with Gasteiger partial charge >= 0.3 is 7.82 Å². The molecule has 0 fully saturated rings. The van der Waals surface area contributed by atoms with Gasteiger partial charge in [-0.05, 0) is 38.5 Å². The zero-order valence-corrected chi connectivity index (χ0v) is 50.8. The number of phosphoric ester groups is 1. The number of aliphatic hydroxyl groups is 1. The van der Waals surface area contributed by atoms with Crippen molar-refractivity contribution in [3.05, 3.63) is 12.2 Å². The molecule has 0 aliphatic heterocycles. The Morgan fingerprint density at radius 3 is 1.05 bits per heavy atom. The lowest BCUT2D eigenvalue weighted by Gasteiger charge is -2.26. The Morgan fingerprint density at radius 2 is 0.740 bits per heavy atom. The topological polar surface area (TPSA) is 105 Å². The summed E-state index contributed by atoms with van der Waals surface area (Å²) in [5.74, 6) is -0.137.